The summed E-state index contributed by atoms with van der Waals surface area (Å²) < 4.78 is 12.4. The van der Waals surface area contributed by atoms with Crippen LogP contribution in [0.1, 0.15) is 38.5 Å². The highest BCUT2D eigenvalue weighted by Crippen LogP contribution is 2.18. The van der Waals surface area contributed by atoms with Gasteiger partial charge in [0.15, 0.2) is 5.78 Å². The van der Waals surface area contributed by atoms with E-state index in [9.17, 15) is 14.7 Å². The number of carbonyl (C=O) groups is 1. The van der Waals surface area contributed by atoms with Gasteiger partial charge in [0.05, 0.1) is 12.7 Å². The van der Waals surface area contributed by atoms with Crippen LogP contribution in [0.2, 0.25) is 0 Å². The number of ether oxygens (including phenoxy) is 1. The maximum absolute atomic E-state index is 12.3. The summed E-state index contributed by atoms with van der Waals surface area (Å²) in [5.41, 5.74) is 2.52. The Morgan fingerprint density at radius 3 is 2.68 bits per heavy atom. The van der Waals surface area contributed by atoms with Crippen molar-refractivity contribution in [2.24, 2.45) is 0 Å². The molecule has 0 spiro atoms. The summed E-state index contributed by atoms with van der Waals surface area (Å²) in [6.45, 7) is 4.47. The zero-order valence-electron chi connectivity index (χ0n) is 18.8. The van der Waals surface area contributed by atoms with E-state index in [4.69, 9.17) is 9.15 Å². The summed E-state index contributed by atoms with van der Waals surface area (Å²) in [4.78, 5) is 24.1. The SMILES string of the molecule is Cc1cccc(Cn2cc(COc3ccc(/C=C/C(=O)c4c(O)cc(C)oc4=O)cc3)nn2)c1. The van der Waals surface area contributed by atoms with E-state index in [0.717, 1.165) is 11.1 Å². The molecule has 172 valence electrons. The molecule has 0 saturated heterocycles. The first-order valence-corrected chi connectivity index (χ1v) is 10.6. The normalized spacial score (nSPS) is 11.1. The molecule has 8 heteroatoms. The van der Waals surface area contributed by atoms with E-state index in [0.29, 0.717) is 18.0 Å². The Morgan fingerprint density at radius 1 is 1.15 bits per heavy atom. The van der Waals surface area contributed by atoms with Crippen LogP contribution < -0.4 is 10.4 Å². The molecule has 4 aromatic rings. The highest BCUT2D eigenvalue weighted by molar-refractivity contribution is 6.08. The van der Waals surface area contributed by atoms with Gasteiger partial charge < -0.3 is 14.3 Å². The average molecular weight is 457 g/mol. The number of carbonyl (C=O) groups excluding carboxylic acids is 1. The molecule has 0 bridgehead atoms. The summed E-state index contributed by atoms with van der Waals surface area (Å²) in [5.74, 6) is -0.177. The molecule has 0 aliphatic heterocycles. The van der Waals surface area contributed by atoms with E-state index in [2.05, 4.69) is 29.4 Å². The molecular weight excluding hydrogens is 434 g/mol. The van der Waals surface area contributed by atoms with Gasteiger partial charge in [-0.15, -0.1) is 5.10 Å². The molecule has 2 aromatic heterocycles. The Balaban J connectivity index is 1.33. The lowest BCUT2D eigenvalue weighted by Crippen LogP contribution is -2.12. The number of rotatable bonds is 8. The number of hydrogen-bond acceptors (Lipinski definition) is 7. The molecule has 0 aliphatic carbocycles. The molecule has 0 fully saturated rings. The number of aromatic nitrogens is 3. The number of aromatic hydroxyl groups is 1. The van der Waals surface area contributed by atoms with Gasteiger partial charge in [-0.1, -0.05) is 53.3 Å². The second-order valence-electron chi connectivity index (χ2n) is 7.86. The molecule has 8 nitrogen and oxygen atoms in total. The Labute approximate surface area is 195 Å². The summed E-state index contributed by atoms with van der Waals surface area (Å²) in [5, 5.41) is 18.2. The summed E-state index contributed by atoms with van der Waals surface area (Å²) in [6.07, 6.45) is 4.60. The van der Waals surface area contributed by atoms with Crippen molar-refractivity contribution in [3.05, 3.63) is 111 Å². The lowest BCUT2D eigenvalue weighted by atomic mass is 10.1. The van der Waals surface area contributed by atoms with Crippen LogP contribution in [0, 0.1) is 13.8 Å². The van der Waals surface area contributed by atoms with Gasteiger partial charge >= 0.3 is 5.63 Å². The number of hydrogen-bond donors (Lipinski definition) is 1. The van der Waals surface area contributed by atoms with Gasteiger partial charge in [-0.25, -0.2) is 9.48 Å². The number of ketones is 1. The number of nitrogens with zero attached hydrogens (tertiary/aromatic N) is 3. The van der Waals surface area contributed by atoms with Crippen LogP contribution in [0.5, 0.6) is 11.5 Å². The standard InChI is InChI=1S/C26H23N3O5/c1-17-4-3-5-20(12-17)14-29-15-21(27-28-29)16-33-22-9-6-19(7-10-22)8-11-23(30)25-24(31)13-18(2)34-26(25)32/h3-13,15,31H,14,16H2,1-2H3/b11-8+. The second kappa shape index (κ2) is 9.99. The highest BCUT2D eigenvalue weighted by Gasteiger charge is 2.15. The van der Waals surface area contributed by atoms with Gasteiger partial charge in [0.2, 0.25) is 0 Å². The van der Waals surface area contributed by atoms with Crippen LogP contribution in [-0.4, -0.2) is 25.9 Å². The summed E-state index contributed by atoms with van der Waals surface area (Å²) in [6, 6.07) is 16.5. The number of aryl methyl sites for hydroxylation is 2. The molecule has 0 amide bonds. The molecule has 34 heavy (non-hydrogen) atoms. The second-order valence-corrected chi connectivity index (χ2v) is 7.86. The van der Waals surface area contributed by atoms with Gasteiger partial charge in [-0.3, -0.25) is 4.79 Å². The van der Waals surface area contributed by atoms with Crippen molar-refractivity contribution >= 4 is 11.9 Å². The van der Waals surface area contributed by atoms with Crippen LogP contribution in [-0.2, 0) is 13.2 Å². The molecule has 0 saturated carbocycles. The Hall–Kier alpha value is -4.46. The van der Waals surface area contributed by atoms with E-state index in [-0.39, 0.29) is 12.4 Å². The largest absolute Gasteiger partial charge is 0.507 e. The van der Waals surface area contributed by atoms with E-state index in [1.807, 2.05) is 18.3 Å². The fraction of sp³-hybridized carbons (Fsp3) is 0.154. The fourth-order valence-corrected chi connectivity index (χ4v) is 3.39. The third-order valence-corrected chi connectivity index (χ3v) is 5.01. The Morgan fingerprint density at radius 2 is 1.94 bits per heavy atom. The van der Waals surface area contributed by atoms with Crippen molar-refractivity contribution in [1.82, 2.24) is 15.0 Å². The maximum Gasteiger partial charge on any atom is 0.351 e. The Bertz CT molecular complexity index is 1400. The van der Waals surface area contributed by atoms with Crippen molar-refractivity contribution in [3.8, 4) is 11.5 Å². The van der Waals surface area contributed by atoms with Crippen molar-refractivity contribution < 1.29 is 19.1 Å². The predicted octanol–water partition coefficient (Wildman–Crippen LogP) is 4.08. The fourth-order valence-electron chi connectivity index (χ4n) is 3.39. The summed E-state index contributed by atoms with van der Waals surface area (Å²) >= 11 is 0. The monoisotopic (exact) mass is 457 g/mol. The number of benzene rings is 2. The molecule has 1 N–H and O–H groups in total. The summed E-state index contributed by atoms with van der Waals surface area (Å²) in [7, 11) is 0. The molecule has 0 unspecified atom stereocenters. The van der Waals surface area contributed by atoms with Crippen LogP contribution in [0.25, 0.3) is 6.08 Å². The molecule has 0 aliphatic rings. The topological polar surface area (TPSA) is 107 Å². The average Bonchev–Trinajstić information content (AvgIpc) is 3.23. The minimum atomic E-state index is -0.869. The van der Waals surface area contributed by atoms with Gasteiger partial charge in [0.25, 0.3) is 0 Å². The minimum Gasteiger partial charge on any atom is -0.507 e. The molecule has 2 aromatic carbocycles. The van der Waals surface area contributed by atoms with E-state index < -0.39 is 22.7 Å². The van der Waals surface area contributed by atoms with Gasteiger partial charge in [-0.2, -0.15) is 0 Å². The van der Waals surface area contributed by atoms with Crippen molar-refractivity contribution in [1.29, 1.82) is 0 Å². The van der Waals surface area contributed by atoms with Gasteiger partial charge in [0.1, 0.15) is 35.1 Å². The molecular formula is C26H23N3O5. The molecule has 0 atom stereocenters. The molecule has 2 heterocycles. The van der Waals surface area contributed by atoms with Crippen LogP contribution in [0.4, 0.5) is 0 Å². The first kappa shape index (κ1) is 22.7. The van der Waals surface area contributed by atoms with Crippen LogP contribution >= 0.6 is 0 Å². The predicted molar refractivity (Wildman–Crippen MR) is 126 cm³/mol. The Kier molecular flexibility index (Phi) is 6.68. The van der Waals surface area contributed by atoms with E-state index in [1.54, 1.807) is 35.0 Å². The first-order chi connectivity index (χ1) is 16.4. The van der Waals surface area contributed by atoms with Crippen LogP contribution in [0.15, 0.2) is 76.1 Å². The first-order valence-electron chi connectivity index (χ1n) is 10.6. The number of allylic oxidation sites excluding steroid dienone is 1. The molecule has 4 rings (SSSR count). The van der Waals surface area contributed by atoms with Crippen LogP contribution in [0.3, 0.4) is 0 Å². The van der Waals surface area contributed by atoms with Crippen molar-refractivity contribution in [2.75, 3.05) is 0 Å². The van der Waals surface area contributed by atoms with Gasteiger partial charge in [0, 0.05) is 6.07 Å². The quantitative estimate of drug-likeness (QED) is 0.314. The smallest absolute Gasteiger partial charge is 0.351 e. The zero-order chi connectivity index (χ0) is 24.1. The van der Waals surface area contributed by atoms with Gasteiger partial charge in [-0.05, 0) is 43.2 Å². The highest BCUT2D eigenvalue weighted by atomic mass is 16.5. The van der Waals surface area contributed by atoms with Crippen molar-refractivity contribution in [2.45, 2.75) is 27.0 Å². The maximum atomic E-state index is 12.3. The van der Waals surface area contributed by atoms with E-state index in [1.165, 1.54) is 24.6 Å². The molecule has 0 radical (unpaired) electrons. The van der Waals surface area contributed by atoms with E-state index >= 15 is 0 Å². The van der Waals surface area contributed by atoms with Crippen molar-refractivity contribution in [3.63, 3.8) is 0 Å². The minimum absolute atomic E-state index is 0.229. The zero-order valence-corrected chi connectivity index (χ0v) is 18.8. The lowest BCUT2D eigenvalue weighted by Gasteiger charge is -2.04. The lowest BCUT2D eigenvalue weighted by molar-refractivity contribution is 0.104. The third kappa shape index (κ3) is 5.66. The third-order valence-electron chi connectivity index (χ3n) is 5.01.